The van der Waals surface area contributed by atoms with E-state index in [9.17, 15) is 0 Å². The fourth-order valence-corrected chi connectivity index (χ4v) is 2.56. The summed E-state index contributed by atoms with van der Waals surface area (Å²) in [6, 6.07) is 6.75. The molecule has 0 amide bonds. The molecule has 1 aliphatic rings. The number of pyridine rings is 1. The highest BCUT2D eigenvalue weighted by Gasteiger charge is 2.23. The van der Waals surface area contributed by atoms with Crippen LogP contribution in [0.3, 0.4) is 0 Å². The molecule has 0 spiro atoms. The van der Waals surface area contributed by atoms with Gasteiger partial charge < -0.3 is 15.5 Å². The third-order valence-corrected chi connectivity index (χ3v) is 3.73. The monoisotopic (exact) mass is 262 g/mol. The van der Waals surface area contributed by atoms with E-state index in [2.05, 4.69) is 41.3 Å². The molecule has 19 heavy (non-hydrogen) atoms. The second kappa shape index (κ2) is 6.75. The predicted molar refractivity (Wildman–Crippen MR) is 81.7 cm³/mol. The molecule has 1 saturated heterocycles. The van der Waals surface area contributed by atoms with Crippen LogP contribution in [0.25, 0.3) is 0 Å². The molecule has 0 radical (unpaired) electrons. The number of likely N-dealkylation sites (tertiary alicyclic amines) is 1. The van der Waals surface area contributed by atoms with E-state index in [1.165, 1.54) is 19.5 Å². The number of hydrogen-bond acceptors (Lipinski definition) is 4. The number of nitrogens with zero attached hydrogens (tertiary/aromatic N) is 2. The molecular formula is C15H26N4. The summed E-state index contributed by atoms with van der Waals surface area (Å²) >= 11 is 0. The molecule has 4 nitrogen and oxygen atoms in total. The van der Waals surface area contributed by atoms with Crippen molar-refractivity contribution in [2.75, 3.05) is 36.8 Å². The summed E-state index contributed by atoms with van der Waals surface area (Å²) in [5, 5.41) is 6.71. The summed E-state index contributed by atoms with van der Waals surface area (Å²) in [4.78, 5) is 7.09. The van der Waals surface area contributed by atoms with Crippen LogP contribution in [-0.4, -0.2) is 42.1 Å². The molecular weight excluding hydrogens is 236 g/mol. The molecule has 1 aliphatic heterocycles. The average Bonchev–Trinajstić information content (AvgIpc) is 2.86. The van der Waals surface area contributed by atoms with Gasteiger partial charge in [-0.05, 0) is 51.8 Å². The lowest BCUT2D eigenvalue weighted by atomic mass is 10.1. The minimum atomic E-state index is 0.667. The number of rotatable bonds is 6. The largest absolute Gasteiger partial charge is 0.370 e. The van der Waals surface area contributed by atoms with Crippen LogP contribution in [-0.2, 0) is 0 Å². The molecule has 4 heteroatoms. The first kappa shape index (κ1) is 14.1. The zero-order valence-electron chi connectivity index (χ0n) is 12.3. The number of hydrogen-bond donors (Lipinski definition) is 2. The van der Waals surface area contributed by atoms with Gasteiger partial charge >= 0.3 is 0 Å². The van der Waals surface area contributed by atoms with Crippen LogP contribution in [0.5, 0.6) is 0 Å². The van der Waals surface area contributed by atoms with E-state index in [0.717, 1.165) is 30.6 Å². The smallest absolute Gasteiger partial charge is 0.128 e. The van der Waals surface area contributed by atoms with E-state index in [4.69, 9.17) is 0 Å². The lowest BCUT2D eigenvalue weighted by Gasteiger charge is -2.20. The van der Waals surface area contributed by atoms with Gasteiger partial charge in [0.2, 0.25) is 0 Å². The number of nitrogens with one attached hydrogen (secondary N) is 2. The molecule has 2 heterocycles. The van der Waals surface area contributed by atoms with E-state index >= 15 is 0 Å². The van der Waals surface area contributed by atoms with E-state index < -0.39 is 0 Å². The van der Waals surface area contributed by atoms with Gasteiger partial charge in [-0.25, -0.2) is 4.98 Å². The summed E-state index contributed by atoms with van der Waals surface area (Å²) in [5.41, 5.74) is 0. The van der Waals surface area contributed by atoms with Gasteiger partial charge in [0.25, 0.3) is 0 Å². The first-order valence-electron chi connectivity index (χ1n) is 7.38. The van der Waals surface area contributed by atoms with Crippen molar-refractivity contribution in [3.8, 4) is 0 Å². The van der Waals surface area contributed by atoms with Crippen molar-refractivity contribution >= 4 is 11.6 Å². The van der Waals surface area contributed by atoms with Gasteiger partial charge in [-0.1, -0.05) is 6.07 Å². The van der Waals surface area contributed by atoms with Crippen LogP contribution in [0.15, 0.2) is 18.2 Å². The van der Waals surface area contributed by atoms with Crippen molar-refractivity contribution in [3.63, 3.8) is 0 Å². The van der Waals surface area contributed by atoms with Gasteiger partial charge in [0.1, 0.15) is 11.6 Å². The first-order chi connectivity index (χ1) is 9.19. The summed E-state index contributed by atoms with van der Waals surface area (Å²) in [6.07, 6.45) is 1.29. The normalized spacial score (nSPS) is 19.9. The summed E-state index contributed by atoms with van der Waals surface area (Å²) in [5.74, 6) is 2.66. The maximum Gasteiger partial charge on any atom is 0.128 e. The van der Waals surface area contributed by atoms with Gasteiger partial charge in [-0.2, -0.15) is 0 Å². The Morgan fingerprint density at radius 2 is 2.05 bits per heavy atom. The Morgan fingerprint density at radius 3 is 2.68 bits per heavy atom. The lowest BCUT2D eigenvalue weighted by molar-refractivity contribution is 0.266. The first-order valence-corrected chi connectivity index (χ1v) is 7.38. The van der Waals surface area contributed by atoms with Crippen LogP contribution in [0.1, 0.15) is 27.2 Å². The Labute approximate surface area is 116 Å². The molecule has 1 fully saturated rings. The SMILES string of the molecule is CCNc1cccc(NCC2CCN(C(C)C)C2)n1. The molecule has 0 aliphatic carbocycles. The topological polar surface area (TPSA) is 40.2 Å². The van der Waals surface area contributed by atoms with Crippen molar-refractivity contribution in [2.24, 2.45) is 5.92 Å². The van der Waals surface area contributed by atoms with Gasteiger partial charge in [0.15, 0.2) is 0 Å². The molecule has 0 bridgehead atoms. The Hall–Kier alpha value is -1.29. The number of anilines is 2. The highest BCUT2D eigenvalue weighted by atomic mass is 15.2. The van der Waals surface area contributed by atoms with Crippen molar-refractivity contribution < 1.29 is 0 Å². The third kappa shape index (κ3) is 4.10. The molecule has 2 N–H and O–H groups in total. The van der Waals surface area contributed by atoms with Gasteiger partial charge in [-0.15, -0.1) is 0 Å². The molecule has 0 aromatic carbocycles. The second-order valence-electron chi connectivity index (χ2n) is 5.56. The van der Waals surface area contributed by atoms with E-state index in [1.807, 2.05) is 18.2 Å². The van der Waals surface area contributed by atoms with Crippen molar-refractivity contribution in [1.29, 1.82) is 0 Å². The highest BCUT2D eigenvalue weighted by Crippen LogP contribution is 2.19. The summed E-state index contributed by atoms with van der Waals surface area (Å²) in [6.45, 7) is 11.0. The lowest BCUT2D eigenvalue weighted by Crippen LogP contribution is -2.29. The minimum absolute atomic E-state index is 0.667. The van der Waals surface area contributed by atoms with Crippen LogP contribution in [0.2, 0.25) is 0 Å². The third-order valence-electron chi connectivity index (χ3n) is 3.73. The fraction of sp³-hybridized carbons (Fsp3) is 0.667. The van der Waals surface area contributed by atoms with E-state index in [-0.39, 0.29) is 0 Å². The standard InChI is InChI=1S/C15H26N4/c1-4-16-14-6-5-7-15(18-14)17-10-13-8-9-19(11-13)12(2)3/h5-7,12-13H,4,8-11H2,1-3H3,(H2,16,17,18). The Morgan fingerprint density at radius 1 is 1.32 bits per heavy atom. The van der Waals surface area contributed by atoms with Crippen LogP contribution < -0.4 is 10.6 Å². The predicted octanol–water partition coefficient (Wildman–Crippen LogP) is 2.66. The van der Waals surface area contributed by atoms with Gasteiger partial charge in [-0.3, -0.25) is 0 Å². The van der Waals surface area contributed by atoms with Crippen LogP contribution >= 0.6 is 0 Å². The Bertz CT molecular complexity index is 391. The van der Waals surface area contributed by atoms with Gasteiger partial charge in [0.05, 0.1) is 0 Å². The van der Waals surface area contributed by atoms with E-state index in [1.54, 1.807) is 0 Å². The Kier molecular flexibility index (Phi) is 5.02. The second-order valence-corrected chi connectivity index (χ2v) is 5.56. The summed E-state index contributed by atoms with van der Waals surface area (Å²) in [7, 11) is 0. The summed E-state index contributed by atoms with van der Waals surface area (Å²) < 4.78 is 0. The zero-order chi connectivity index (χ0) is 13.7. The van der Waals surface area contributed by atoms with Crippen LogP contribution in [0, 0.1) is 5.92 Å². The zero-order valence-corrected chi connectivity index (χ0v) is 12.3. The minimum Gasteiger partial charge on any atom is -0.370 e. The molecule has 0 saturated carbocycles. The van der Waals surface area contributed by atoms with Crippen molar-refractivity contribution in [1.82, 2.24) is 9.88 Å². The maximum atomic E-state index is 4.54. The molecule has 1 aromatic rings. The molecule has 2 rings (SSSR count). The Balaban J connectivity index is 1.81. The fourth-order valence-electron chi connectivity index (χ4n) is 2.56. The molecule has 1 aromatic heterocycles. The maximum absolute atomic E-state index is 4.54. The van der Waals surface area contributed by atoms with Crippen molar-refractivity contribution in [3.05, 3.63) is 18.2 Å². The van der Waals surface area contributed by atoms with Crippen molar-refractivity contribution in [2.45, 2.75) is 33.2 Å². The van der Waals surface area contributed by atoms with E-state index in [0.29, 0.717) is 6.04 Å². The molecule has 1 atom stereocenters. The molecule has 1 unspecified atom stereocenters. The highest BCUT2D eigenvalue weighted by molar-refractivity contribution is 5.44. The quantitative estimate of drug-likeness (QED) is 0.827. The number of aromatic nitrogens is 1. The molecule has 106 valence electrons. The van der Waals surface area contributed by atoms with Crippen LogP contribution in [0.4, 0.5) is 11.6 Å². The average molecular weight is 262 g/mol. The van der Waals surface area contributed by atoms with Gasteiger partial charge in [0, 0.05) is 25.7 Å².